The molecule has 0 radical (unpaired) electrons. The molecule has 1 aliphatic heterocycles. The average molecular weight is 164 g/mol. The largest absolute Gasteiger partial charge is 0.454 e. The number of ether oxygens (including phenoxy) is 2. The van der Waals surface area contributed by atoms with E-state index in [9.17, 15) is 0 Å². The van der Waals surface area contributed by atoms with Crippen LogP contribution in [0.2, 0.25) is 0 Å². The molecule has 4 nitrogen and oxygen atoms in total. The van der Waals surface area contributed by atoms with Gasteiger partial charge >= 0.3 is 0 Å². The van der Waals surface area contributed by atoms with Gasteiger partial charge in [-0.05, 0) is 23.8 Å². The van der Waals surface area contributed by atoms with Crippen LogP contribution >= 0.6 is 0 Å². The number of rotatable bonds is 1. The van der Waals surface area contributed by atoms with Gasteiger partial charge in [0.25, 0.3) is 0 Å². The van der Waals surface area contributed by atoms with E-state index in [0.717, 1.165) is 17.1 Å². The summed E-state index contributed by atoms with van der Waals surface area (Å²) in [7, 11) is 0. The predicted molar refractivity (Wildman–Crippen MR) is 44.3 cm³/mol. The Morgan fingerprint density at radius 2 is 2.17 bits per heavy atom. The van der Waals surface area contributed by atoms with Crippen LogP contribution in [0.3, 0.4) is 0 Å². The molecule has 0 spiro atoms. The second-order valence-corrected chi connectivity index (χ2v) is 2.39. The minimum atomic E-state index is 0.290. The van der Waals surface area contributed by atoms with Crippen molar-refractivity contribution in [3.63, 3.8) is 0 Å². The lowest BCUT2D eigenvalue weighted by atomic mass is 10.2. The summed E-state index contributed by atoms with van der Waals surface area (Å²) < 4.78 is 10.3. The van der Waals surface area contributed by atoms with Crippen LogP contribution in [-0.4, -0.2) is 13.0 Å². The van der Waals surface area contributed by atoms with E-state index in [2.05, 4.69) is 5.10 Å². The maximum atomic E-state index is 5.16. The van der Waals surface area contributed by atoms with E-state index >= 15 is 0 Å². The number of hydrogen-bond acceptors (Lipinski definition) is 4. The normalized spacial score (nSPS) is 14.0. The highest BCUT2D eigenvalue weighted by Gasteiger charge is 2.11. The summed E-state index contributed by atoms with van der Waals surface area (Å²) in [6.45, 7) is 0.290. The van der Waals surface area contributed by atoms with Gasteiger partial charge in [0, 0.05) is 0 Å². The predicted octanol–water partition coefficient (Wildman–Crippen LogP) is 0.708. The Bertz CT molecular complexity index is 323. The van der Waals surface area contributed by atoms with Gasteiger partial charge in [-0.15, -0.1) is 0 Å². The van der Waals surface area contributed by atoms with Crippen molar-refractivity contribution in [3.05, 3.63) is 23.8 Å². The van der Waals surface area contributed by atoms with Gasteiger partial charge in [0.05, 0.1) is 6.21 Å². The van der Waals surface area contributed by atoms with Gasteiger partial charge in [0.2, 0.25) is 6.79 Å². The molecule has 2 rings (SSSR count). The third kappa shape index (κ3) is 1.07. The van der Waals surface area contributed by atoms with Gasteiger partial charge in [0.1, 0.15) is 0 Å². The molecule has 0 fully saturated rings. The number of nitrogens with zero attached hydrogens (tertiary/aromatic N) is 1. The van der Waals surface area contributed by atoms with E-state index in [-0.39, 0.29) is 0 Å². The van der Waals surface area contributed by atoms with Crippen LogP contribution in [0.1, 0.15) is 5.56 Å². The first-order valence-electron chi connectivity index (χ1n) is 3.53. The molecule has 0 amide bonds. The maximum absolute atomic E-state index is 5.16. The zero-order chi connectivity index (χ0) is 8.39. The van der Waals surface area contributed by atoms with Crippen molar-refractivity contribution in [2.24, 2.45) is 10.9 Å². The zero-order valence-corrected chi connectivity index (χ0v) is 6.36. The maximum Gasteiger partial charge on any atom is 0.231 e. The van der Waals surface area contributed by atoms with Gasteiger partial charge in [-0.25, -0.2) is 0 Å². The SMILES string of the molecule is NN=Cc1ccc2c(c1)OCO2. The second kappa shape index (κ2) is 2.73. The fourth-order valence-corrected chi connectivity index (χ4v) is 1.08. The first kappa shape index (κ1) is 6.97. The molecule has 62 valence electrons. The summed E-state index contributed by atoms with van der Waals surface area (Å²) >= 11 is 0. The molecule has 0 aliphatic carbocycles. The van der Waals surface area contributed by atoms with Crippen molar-refractivity contribution in [3.8, 4) is 11.5 Å². The molecule has 1 aliphatic rings. The van der Waals surface area contributed by atoms with Crippen LogP contribution in [0.5, 0.6) is 11.5 Å². The molecule has 2 N–H and O–H groups in total. The van der Waals surface area contributed by atoms with E-state index in [1.807, 2.05) is 18.2 Å². The lowest BCUT2D eigenvalue weighted by molar-refractivity contribution is 0.174. The topological polar surface area (TPSA) is 56.8 Å². The smallest absolute Gasteiger partial charge is 0.231 e. The molecule has 0 unspecified atom stereocenters. The fourth-order valence-electron chi connectivity index (χ4n) is 1.08. The van der Waals surface area contributed by atoms with Crippen molar-refractivity contribution in [2.75, 3.05) is 6.79 Å². The van der Waals surface area contributed by atoms with Crippen molar-refractivity contribution in [1.29, 1.82) is 0 Å². The van der Waals surface area contributed by atoms with Gasteiger partial charge < -0.3 is 15.3 Å². The molecule has 0 bridgehead atoms. The molecule has 0 atom stereocenters. The summed E-state index contributed by atoms with van der Waals surface area (Å²) in [5.74, 6) is 6.51. The van der Waals surface area contributed by atoms with E-state index in [1.165, 1.54) is 0 Å². The Morgan fingerprint density at radius 1 is 1.33 bits per heavy atom. The third-order valence-electron chi connectivity index (χ3n) is 1.62. The lowest BCUT2D eigenvalue weighted by Crippen LogP contribution is -1.92. The van der Waals surface area contributed by atoms with Crippen molar-refractivity contribution in [2.45, 2.75) is 0 Å². The first-order valence-corrected chi connectivity index (χ1v) is 3.53. The standard InChI is InChI=1S/C8H8N2O2/c9-10-4-6-1-2-7-8(3-6)12-5-11-7/h1-4H,5,9H2. The Morgan fingerprint density at radius 3 is 3.00 bits per heavy atom. The molecule has 0 saturated heterocycles. The number of fused-ring (bicyclic) bond motifs is 1. The van der Waals surface area contributed by atoms with Crippen LogP contribution in [0, 0.1) is 0 Å². The Kier molecular flexibility index (Phi) is 1.59. The van der Waals surface area contributed by atoms with Gasteiger partial charge in [-0.2, -0.15) is 5.10 Å². The molecule has 0 aromatic heterocycles. The Hall–Kier alpha value is -1.71. The summed E-state index contributed by atoms with van der Waals surface area (Å²) in [6, 6.07) is 5.53. The second-order valence-electron chi connectivity index (χ2n) is 2.39. The zero-order valence-electron chi connectivity index (χ0n) is 6.36. The summed E-state index contributed by atoms with van der Waals surface area (Å²) in [4.78, 5) is 0. The molecule has 0 saturated carbocycles. The minimum Gasteiger partial charge on any atom is -0.454 e. The molecular weight excluding hydrogens is 156 g/mol. The molecule has 1 aromatic rings. The number of hydrazone groups is 1. The minimum absolute atomic E-state index is 0.290. The Labute approximate surface area is 69.6 Å². The summed E-state index contributed by atoms with van der Waals surface area (Å²) in [5.41, 5.74) is 0.904. The number of benzene rings is 1. The highest BCUT2D eigenvalue weighted by atomic mass is 16.7. The molecule has 12 heavy (non-hydrogen) atoms. The van der Waals surface area contributed by atoms with Crippen LogP contribution in [0.4, 0.5) is 0 Å². The highest BCUT2D eigenvalue weighted by molar-refractivity contribution is 5.80. The van der Waals surface area contributed by atoms with Gasteiger partial charge in [0.15, 0.2) is 11.5 Å². The lowest BCUT2D eigenvalue weighted by Gasteiger charge is -1.95. The van der Waals surface area contributed by atoms with E-state index in [0.29, 0.717) is 6.79 Å². The van der Waals surface area contributed by atoms with E-state index in [1.54, 1.807) is 6.21 Å². The van der Waals surface area contributed by atoms with Gasteiger partial charge in [-0.3, -0.25) is 0 Å². The van der Waals surface area contributed by atoms with Crippen molar-refractivity contribution >= 4 is 6.21 Å². The first-order chi connectivity index (χ1) is 5.90. The fraction of sp³-hybridized carbons (Fsp3) is 0.125. The Balaban J connectivity index is 2.38. The van der Waals surface area contributed by atoms with Crippen LogP contribution < -0.4 is 15.3 Å². The van der Waals surface area contributed by atoms with Crippen LogP contribution in [0.15, 0.2) is 23.3 Å². The molecule has 4 heteroatoms. The van der Waals surface area contributed by atoms with Crippen LogP contribution in [0.25, 0.3) is 0 Å². The van der Waals surface area contributed by atoms with Gasteiger partial charge in [-0.1, -0.05) is 0 Å². The quantitative estimate of drug-likeness (QED) is 0.377. The van der Waals surface area contributed by atoms with Crippen molar-refractivity contribution < 1.29 is 9.47 Å². The number of nitrogens with two attached hydrogens (primary N) is 1. The third-order valence-corrected chi connectivity index (χ3v) is 1.62. The highest BCUT2D eigenvalue weighted by Crippen LogP contribution is 2.31. The summed E-state index contributed by atoms with van der Waals surface area (Å²) in [5, 5.41) is 3.41. The van der Waals surface area contributed by atoms with E-state index in [4.69, 9.17) is 15.3 Å². The molecule has 1 aromatic carbocycles. The molecule has 1 heterocycles. The summed E-state index contributed by atoms with van der Waals surface area (Å²) in [6.07, 6.45) is 1.56. The average Bonchev–Trinajstić information content (AvgIpc) is 2.51. The van der Waals surface area contributed by atoms with Crippen molar-refractivity contribution in [1.82, 2.24) is 0 Å². The monoisotopic (exact) mass is 164 g/mol. The number of hydrogen-bond donors (Lipinski definition) is 1. The van der Waals surface area contributed by atoms with Crippen LogP contribution in [-0.2, 0) is 0 Å². The van der Waals surface area contributed by atoms with E-state index < -0.39 is 0 Å². The molecular formula is C8H8N2O2.